The molecule has 2 aromatic rings. The summed E-state index contributed by atoms with van der Waals surface area (Å²) in [7, 11) is 0. The second-order valence-electron chi connectivity index (χ2n) is 6.95. The minimum atomic E-state index is -0.248. The van der Waals surface area contributed by atoms with Gasteiger partial charge in [-0.1, -0.05) is 12.1 Å². The Bertz CT molecular complexity index is 772. The summed E-state index contributed by atoms with van der Waals surface area (Å²) >= 11 is 0. The molecule has 2 aliphatic rings. The second kappa shape index (κ2) is 6.43. The van der Waals surface area contributed by atoms with E-state index in [1.165, 1.54) is 23.4 Å². The average molecular weight is 336 g/mol. The van der Waals surface area contributed by atoms with E-state index in [2.05, 4.69) is 41.0 Å². The summed E-state index contributed by atoms with van der Waals surface area (Å²) in [6, 6.07) is 17.7. The highest BCUT2D eigenvalue weighted by Crippen LogP contribution is 2.37. The number of carbonyl (C=O) groups is 1. The van der Waals surface area contributed by atoms with Crippen molar-refractivity contribution in [1.29, 1.82) is 0 Å². The molecule has 2 saturated heterocycles. The zero-order valence-corrected chi connectivity index (χ0v) is 14.8. The maximum Gasteiger partial charge on any atom is 0.338 e. The van der Waals surface area contributed by atoms with Crippen LogP contribution in [0.25, 0.3) is 0 Å². The Labute approximate surface area is 149 Å². The van der Waals surface area contributed by atoms with Gasteiger partial charge in [-0.3, -0.25) is 0 Å². The molecule has 0 aromatic heterocycles. The predicted molar refractivity (Wildman–Crippen MR) is 100 cm³/mol. The van der Waals surface area contributed by atoms with Crippen molar-refractivity contribution in [2.45, 2.75) is 32.4 Å². The lowest BCUT2D eigenvalue weighted by Gasteiger charge is -2.37. The van der Waals surface area contributed by atoms with Crippen molar-refractivity contribution in [2.75, 3.05) is 29.5 Å². The molecule has 0 spiro atoms. The number of benzene rings is 2. The fourth-order valence-electron chi connectivity index (χ4n) is 4.11. The molecule has 4 nitrogen and oxygen atoms in total. The maximum absolute atomic E-state index is 11.8. The van der Waals surface area contributed by atoms with Crippen LogP contribution in [0.2, 0.25) is 0 Å². The van der Waals surface area contributed by atoms with Crippen LogP contribution >= 0.6 is 0 Å². The van der Waals surface area contributed by atoms with Crippen LogP contribution in [0.4, 0.5) is 11.4 Å². The van der Waals surface area contributed by atoms with Crippen LogP contribution in [0.5, 0.6) is 0 Å². The molecule has 2 heterocycles. The van der Waals surface area contributed by atoms with E-state index in [0.717, 1.165) is 13.1 Å². The number of hydrogen-bond donors (Lipinski definition) is 0. The number of anilines is 2. The molecule has 0 radical (unpaired) electrons. The zero-order chi connectivity index (χ0) is 17.4. The minimum absolute atomic E-state index is 0.248. The zero-order valence-electron chi connectivity index (χ0n) is 14.8. The standard InChI is InChI=1S/C21H24N2O2/c1-3-25-21(24)16-7-9-17(10-8-16)22-13-20-12-19(22)14-23(20)18-6-4-5-15(2)11-18/h4-11,19-20H,3,12-14H2,1-2H3/t19-,20-/m0/s1. The van der Waals surface area contributed by atoms with Crippen LogP contribution in [0, 0.1) is 6.92 Å². The molecule has 0 amide bonds. The highest BCUT2D eigenvalue weighted by molar-refractivity contribution is 5.89. The maximum atomic E-state index is 11.8. The van der Waals surface area contributed by atoms with Crippen molar-refractivity contribution in [3.05, 3.63) is 59.7 Å². The van der Waals surface area contributed by atoms with E-state index in [4.69, 9.17) is 4.74 Å². The van der Waals surface area contributed by atoms with Gasteiger partial charge in [0.15, 0.2) is 0 Å². The first-order chi connectivity index (χ1) is 12.2. The summed E-state index contributed by atoms with van der Waals surface area (Å²) in [5, 5.41) is 0. The van der Waals surface area contributed by atoms with Crippen molar-refractivity contribution < 1.29 is 9.53 Å². The molecule has 0 saturated carbocycles. The van der Waals surface area contributed by atoms with Crippen LogP contribution in [-0.4, -0.2) is 37.7 Å². The number of rotatable bonds is 4. The van der Waals surface area contributed by atoms with Crippen molar-refractivity contribution in [2.24, 2.45) is 0 Å². The van der Waals surface area contributed by atoms with Gasteiger partial charge in [-0.15, -0.1) is 0 Å². The van der Waals surface area contributed by atoms with Gasteiger partial charge in [-0.2, -0.15) is 0 Å². The van der Waals surface area contributed by atoms with Gasteiger partial charge in [-0.05, 0) is 62.2 Å². The van der Waals surface area contributed by atoms with Crippen LogP contribution in [0.1, 0.15) is 29.3 Å². The Balaban J connectivity index is 1.46. The number of carbonyl (C=O) groups excluding carboxylic acids is 1. The summed E-state index contributed by atoms with van der Waals surface area (Å²) in [6.45, 7) is 6.48. The van der Waals surface area contributed by atoms with Gasteiger partial charge in [0, 0.05) is 36.5 Å². The molecule has 2 bridgehead atoms. The van der Waals surface area contributed by atoms with Crippen LogP contribution < -0.4 is 9.80 Å². The van der Waals surface area contributed by atoms with Gasteiger partial charge in [0.2, 0.25) is 0 Å². The van der Waals surface area contributed by atoms with E-state index < -0.39 is 0 Å². The van der Waals surface area contributed by atoms with E-state index in [0.29, 0.717) is 24.3 Å². The summed E-state index contributed by atoms with van der Waals surface area (Å²) in [4.78, 5) is 16.8. The van der Waals surface area contributed by atoms with Crippen LogP contribution in [0.3, 0.4) is 0 Å². The van der Waals surface area contributed by atoms with Gasteiger partial charge >= 0.3 is 5.97 Å². The van der Waals surface area contributed by atoms with Crippen molar-refractivity contribution in [3.8, 4) is 0 Å². The number of nitrogens with zero attached hydrogens (tertiary/aromatic N) is 2. The second-order valence-corrected chi connectivity index (χ2v) is 6.95. The van der Waals surface area contributed by atoms with Gasteiger partial charge in [0.1, 0.15) is 0 Å². The first-order valence-corrected chi connectivity index (χ1v) is 9.03. The molecule has 4 heteroatoms. The number of esters is 1. The van der Waals surface area contributed by atoms with Crippen molar-refractivity contribution in [1.82, 2.24) is 0 Å². The lowest BCUT2D eigenvalue weighted by atomic mass is 10.1. The fourth-order valence-corrected chi connectivity index (χ4v) is 4.11. The van der Waals surface area contributed by atoms with Gasteiger partial charge in [-0.25, -0.2) is 4.79 Å². The number of fused-ring (bicyclic) bond motifs is 2. The lowest BCUT2D eigenvalue weighted by molar-refractivity contribution is 0.0526. The number of aryl methyl sites for hydroxylation is 1. The van der Waals surface area contributed by atoms with E-state index in [-0.39, 0.29) is 5.97 Å². The third-order valence-electron chi connectivity index (χ3n) is 5.28. The lowest BCUT2D eigenvalue weighted by Crippen LogP contribution is -2.46. The van der Waals surface area contributed by atoms with Gasteiger partial charge in [0.05, 0.1) is 12.2 Å². The molecule has 25 heavy (non-hydrogen) atoms. The molecule has 4 rings (SSSR count). The van der Waals surface area contributed by atoms with E-state index in [1.807, 2.05) is 31.2 Å². The molecular weight excluding hydrogens is 312 g/mol. The Morgan fingerprint density at radius 1 is 1.04 bits per heavy atom. The van der Waals surface area contributed by atoms with Crippen LogP contribution in [0.15, 0.2) is 48.5 Å². The normalized spacial score (nSPS) is 21.7. The molecule has 2 aliphatic heterocycles. The van der Waals surface area contributed by atoms with E-state index >= 15 is 0 Å². The third-order valence-corrected chi connectivity index (χ3v) is 5.28. The van der Waals surface area contributed by atoms with Gasteiger partial charge < -0.3 is 14.5 Å². The SMILES string of the molecule is CCOC(=O)c1ccc(N2C[C@@H]3C[C@H]2CN3c2cccc(C)c2)cc1. The molecule has 2 atom stereocenters. The largest absolute Gasteiger partial charge is 0.462 e. The smallest absolute Gasteiger partial charge is 0.338 e. The first-order valence-electron chi connectivity index (χ1n) is 9.03. The van der Waals surface area contributed by atoms with E-state index in [1.54, 1.807) is 0 Å². The fraction of sp³-hybridized carbons (Fsp3) is 0.381. The summed E-state index contributed by atoms with van der Waals surface area (Å²) in [5.74, 6) is -0.248. The van der Waals surface area contributed by atoms with Crippen molar-refractivity contribution in [3.63, 3.8) is 0 Å². The van der Waals surface area contributed by atoms with Gasteiger partial charge in [0.25, 0.3) is 0 Å². The number of hydrogen-bond acceptors (Lipinski definition) is 4. The Kier molecular flexibility index (Phi) is 4.12. The molecule has 0 N–H and O–H groups in total. The summed E-state index contributed by atoms with van der Waals surface area (Å²) in [6.07, 6.45) is 1.20. The average Bonchev–Trinajstić information content (AvgIpc) is 3.23. The highest BCUT2D eigenvalue weighted by atomic mass is 16.5. The highest BCUT2D eigenvalue weighted by Gasteiger charge is 2.43. The molecule has 0 aliphatic carbocycles. The molecular formula is C21H24N2O2. The quantitative estimate of drug-likeness (QED) is 0.798. The monoisotopic (exact) mass is 336 g/mol. The number of piperazine rings is 1. The minimum Gasteiger partial charge on any atom is -0.462 e. The topological polar surface area (TPSA) is 32.8 Å². The summed E-state index contributed by atoms with van der Waals surface area (Å²) < 4.78 is 5.06. The molecule has 0 unspecified atom stereocenters. The first kappa shape index (κ1) is 16.0. The Morgan fingerprint density at radius 2 is 1.72 bits per heavy atom. The van der Waals surface area contributed by atoms with Crippen molar-refractivity contribution >= 4 is 17.3 Å². The third kappa shape index (κ3) is 2.97. The Hall–Kier alpha value is -2.49. The molecule has 2 fully saturated rings. The number of ether oxygens (including phenoxy) is 1. The van der Waals surface area contributed by atoms with E-state index in [9.17, 15) is 4.79 Å². The molecule has 2 aromatic carbocycles. The van der Waals surface area contributed by atoms with Crippen LogP contribution in [-0.2, 0) is 4.74 Å². The predicted octanol–water partition coefficient (Wildman–Crippen LogP) is 3.64. The summed E-state index contributed by atoms with van der Waals surface area (Å²) in [5.41, 5.74) is 4.47. The molecule has 130 valence electrons. The Morgan fingerprint density at radius 3 is 2.32 bits per heavy atom.